The first-order valence-corrected chi connectivity index (χ1v) is 12.3. The van der Waals surface area contributed by atoms with Crippen LogP contribution in [-0.2, 0) is 10.8 Å². The van der Waals surface area contributed by atoms with E-state index in [1.54, 1.807) is 34.0 Å². The van der Waals surface area contributed by atoms with Gasteiger partial charge in [-0.3, -0.25) is 0 Å². The van der Waals surface area contributed by atoms with Crippen molar-refractivity contribution in [2.45, 2.75) is 45.4 Å². The molecule has 1 aromatic carbocycles. The Hall–Kier alpha value is -2.08. The van der Waals surface area contributed by atoms with Crippen molar-refractivity contribution in [1.82, 2.24) is 0 Å². The van der Waals surface area contributed by atoms with Crippen LogP contribution >= 0.6 is 34.0 Å². The van der Waals surface area contributed by atoms with Gasteiger partial charge in [-0.25, -0.2) is 0 Å². The van der Waals surface area contributed by atoms with Gasteiger partial charge in [-0.15, -0.1) is 34.0 Å². The molecule has 0 saturated heterocycles. The highest BCUT2D eigenvalue weighted by Crippen LogP contribution is 2.50. The molecule has 2 nitrogen and oxygen atoms in total. The van der Waals surface area contributed by atoms with Crippen LogP contribution in [0.15, 0.2) is 54.6 Å². The van der Waals surface area contributed by atoms with Crippen molar-refractivity contribution in [3.05, 3.63) is 79.0 Å². The Morgan fingerprint density at radius 1 is 0.667 bits per heavy atom. The highest BCUT2D eigenvalue weighted by Gasteiger charge is 2.34. The minimum Gasteiger partial charge on any atom is -0.507 e. The molecular formula is C25H26O2S3. The average Bonchev–Trinajstić information content (AvgIpc) is 3.41. The van der Waals surface area contributed by atoms with Gasteiger partial charge in [0.15, 0.2) is 0 Å². The lowest BCUT2D eigenvalue weighted by atomic mass is 9.87. The maximum Gasteiger partial charge on any atom is 0.131 e. The van der Waals surface area contributed by atoms with Gasteiger partial charge in [0, 0.05) is 30.3 Å². The Morgan fingerprint density at radius 2 is 1.20 bits per heavy atom. The minimum atomic E-state index is -0.311. The molecule has 0 aliphatic heterocycles. The fourth-order valence-corrected chi connectivity index (χ4v) is 7.30. The van der Waals surface area contributed by atoms with Crippen molar-refractivity contribution in [2.75, 3.05) is 0 Å². The van der Waals surface area contributed by atoms with Gasteiger partial charge < -0.3 is 10.2 Å². The van der Waals surface area contributed by atoms with Crippen LogP contribution in [0.4, 0.5) is 0 Å². The molecule has 4 rings (SSSR count). The Labute approximate surface area is 190 Å². The summed E-state index contributed by atoms with van der Waals surface area (Å²) in [5.41, 5.74) is 0.541. The lowest BCUT2D eigenvalue weighted by Crippen LogP contribution is -2.17. The summed E-state index contributed by atoms with van der Waals surface area (Å²) in [6, 6.07) is 18.2. The van der Waals surface area contributed by atoms with E-state index in [4.69, 9.17) is 0 Å². The van der Waals surface area contributed by atoms with E-state index in [1.807, 2.05) is 37.3 Å². The third-order valence-electron chi connectivity index (χ3n) is 5.58. The molecule has 0 saturated carbocycles. The van der Waals surface area contributed by atoms with Gasteiger partial charge in [-0.05, 0) is 64.4 Å². The Kier molecular flexibility index (Phi) is 5.33. The summed E-state index contributed by atoms with van der Waals surface area (Å²) in [6.07, 6.45) is 0. The largest absolute Gasteiger partial charge is 0.507 e. The molecule has 3 aromatic heterocycles. The van der Waals surface area contributed by atoms with Crippen molar-refractivity contribution in [3.63, 3.8) is 0 Å². The van der Waals surface area contributed by atoms with Crippen LogP contribution in [0.2, 0.25) is 0 Å². The second kappa shape index (κ2) is 7.56. The molecule has 0 spiro atoms. The first-order valence-electron chi connectivity index (χ1n) is 9.90. The van der Waals surface area contributed by atoms with Crippen molar-refractivity contribution in [2.24, 2.45) is 0 Å². The first-order chi connectivity index (χ1) is 14.1. The molecule has 0 bridgehead atoms. The quantitative estimate of drug-likeness (QED) is 0.322. The van der Waals surface area contributed by atoms with Crippen molar-refractivity contribution >= 4 is 34.0 Å². The third-order valence-corrected chi connectivity index (χ3v) is 10.2. The molecule has 3 heterocycles. The lowest BCUT2D eigenvalue weighted by molar-refractivity contribution is 0.459. The van der Waals surface area contributed by atoms with Gasteiger partial charge in [-0.1, -0.05) is 30.3 Å². The molecule has 0 aliphatic rings. The van der Waals surface area contributed by atoms with Crippen LogP contribution in [0.5, 0.6) is 11.5 Å². The topological polar surface area (TPSA) is 40.5 Å². The van der Waals surface area contributed by atoms with E-state index in [-0.39, 0.29) is 10.8 Å². The molecule has 0 aliphatic carbocycles. The molecule has 0 fully saturated rings. The Bertz CT molecular complexity index is 1180. The molecule has 30 heavy (non-hydrogen) atoms. The number of aryl methyl sites for hydroxylation is 1. The number of hydrogen-bond acceptors (Lipinski definition) is 5. The predicted octanol–water partition coefficient (Wildman–Crippen LogP) is 7.91. The fraction of sp³-hybridized carbons (Fsp3) is 0.280. The van der Waals surface area contributed by atoms with Crippen molar-refractivity contribution in [1.29, 1.82) is 0 Å². The summed E-state index contributed by atoms with van der Waals surface area (Å²) in [6.45, 7) is 10.7. The normalized spacial score (nSPS) is 12.4. The van der Waals surface area contributed by atoms with E-state index in [9.17, 15) is 10.2 Å². The van der Waals surface area contributed by atoms with Crippen LogP contribution in [0.25, 0.3) is 10.4 Å². The predicted molar refractivity (Wildman–Crippen MR) is 131 cm³/mol. The number of hydrogen-bond donors (Lipinski definition) is 2. The maximum atomic E-state index is 10.8. The molecule has 2 N–H and O–H groups in total. The van der Waals surface area contributed by atoms with Crippen LogP contribution < -0.4 is 0 Å². The van der Waals surface area contributed by atoms with Crippen molar-refractivity contribution in [3.8, 4) is 21.9 Å². The summed E-state index contributed by atoms with van der Waals surface area (Å²) in [5.74, 6) is 0.727. The number of benzene rings is 1. The SMILES string of the molecule is Cc1cc(O)c(C(C)(C)c2ccc(C(C)(C)c3sc(-c4ccccc4)cc3O)s2)s1. The van der Waals surface area contributed by atoms with E-state index < -0.39 is 0 Å². The molecule has 0 unspecified atom stereocenters. The maximum absolute atomic E-state index is 10.8. The zero-order chi connectivity index (χ0) is 21.7. The summed E-state index contributed by atoms with van der Waals surface area (Å²) in [5, 5.41) is 21.2. The first kappa shape index (κ1) is 21.2. The number of thiophene rings is 3. The van der Waals surface area contributed by atoms with Crippen LogP contribution in [0, 0.1) is 6.92 Å². The van der Waals surface area contributed by atoms with E-state index in [1.165, 1.54) is 9.75 Å². The van der Waals surface area contributed by atoms with Gasteiger partial charge in [-0.2, -0.15) is 0 Å². The third kappa shape index (κ3) is 3.59. The van der Waals surface area contributed by atoms with Gasteiger partial charge in [0.05, 0.1) is 9.75 Å². The fourth-order valence-electron chi connectivity index (χ4n) is 3.76. The smallest absolute Gasteiger partial charge is 0.131 e. The summed E-state index contributed by atoms with van der Waals surface area (Å²) in [7, 11) is 0. The second-order valence-electron chi connectivity index (χ2n) is 8.68. The Morgan fingerprint density at radius 3 is 1.73 bits per heavy atom. The van der Waals surface area contributed by atoms with Crippen LogP contribution in [-0.4, -0.2) is 10.2 Å². The average molecular weight is 455 g/mol. The van der Waals surface area contributed by atoms with Gasteiger partial charge in [0.1, 0.15) is 11.5 Å². The van der Waals surface area contributed by atoms with Gasteiger partial charge in [0.25, 0.3) is 0 Å². The molecular weight excluding hydrogens is 428 g/mol. The van der Waals surface area contributed by atoms with E-state index >= 15 is 0 Å². The highest BCUT2D eigenvalue weighted by atomic mass is 32.1. The molecule has 0 radical (unpaired) electrons. The molecule has 0 atom stereocenters. The standard InChI is InChI=1S/C25H26O2S3/c1-15-13-17(26)22(28-15)24(2,3)20-11-12-21(30-20)25(4,5)23-18(27)14-19(29-23)16-9-7-6-8-10-16/h6-14,26-27H,1-5H3. The summed E-state index contributed by atoms with van der Waals surface area (Å²) < 4.78 is 0. The van der Waals surface area contributed by atoms with E-state index in [0.717, 1.165) is 25.1 Å². The number of aromatic hydroxyl groups is 2. The van der Waals surface area contributed by atoms with Gasteiger partial charge in [0.2, 0.25) is 0 Å². The van der Waals surface area contributed by atoms with Crippen molar-refractivity contribution < 1.29 is 10.2 Å². The van der Waals surface area contributed by atoms with Crippen LogP contribution in [0.1, 0.15) is 52.1 Å². The Balaban J connectivity index is 1.71. The summed E-state index contributed by atoms with van der Waals surface area (Å²) in [4.78, 5) is 6.58. The lowest BCUT2D eigenvalue weighted by Gasteiger charge is -2.24. The molecule has 4 aromatic rings. The number of rotatable bonds is 5. The second-order valence-corrected chi connectivity index (χ2v) is 12.1. The van der Waals surface area contributed by atoms with E-state index in [0.29, 0.717) is 11.5 Å². The summed E-state index contributed by atoms with van der Waals surface area (Å²) >= 11 is 5.06. The monoisotopic (exact) mass is 454 g/mol. The molecule has 156 valence electrons. The van der Waals surface area contributed by atoms with Gasteiger partial charge >= 0.3 is 0 Å². The van der Waals surface area contributed by atoms with E-state index in [2.05, 4.69) is 52.0 Å². The molecule has 5 heteroatoms. The molecule has 0 amide bonds. The highest BCUT2D eigenvalue weighted by molar-refractivity contribution is 7.16. The van der Waals surface area contributed by atoms with Crippen LogP contribution in [0.3, 0.4) is 0 Å². The zero-order valence-corrected chi connectivity index (χ0v) is 20.3. The zero-order valence-electron chi connectivity index (χ0n) is 17.8. The minimum absolute atomic E-state index is 0.269.